The zero-order chi connectivity index (χ0) is 10.9. The van der Waals surface area contributed by atoms with Gasteiger partial charge in [0.1, 0.15) is 0 Å². The predicted molar refractivity (Wildman–Crippen MR) is 45.7 cm³/mol. The first kappa shape index (κ1) is 11.3. The van der Waals surface area contributed by atoms with Crippen LogP contribution in [0.4, 0.5) is 17.6 Å². The molecule has 1 nitrogen and oxygen atoms in total. The predicted octanol–water partition coefficient (Wildman–Crippen LogP) is 3.62. The van der Waals surface area contributed by atoms with Gasteiger partial charge in [-0.3, -0.25) is 0 Å². The standard InChI is InChI=1S/C8H5BrF4O/c1-14-7-5(9)3-2-4(6(7)10)8(11,12)13/h2-3H,1H3. The third-order valence-corrected chi connectivity index (χ3v) is 2.18. The maximum atomic E-state index is 13.2. The number of methoxy groups -OCH3 is 1. The number of benzene rings is 1. The van der Waals surface area contributed by atoms with E-state index in [2.05, 4.69) is 20.7 Å². The lowest BCUT2D eigenvalue weighted by Gasteiger charge is -2.11. The second kappa shape index (κ2) is 3.76. The molecule has 78 valence electrons. The highest BCUT2D eigenvalue weighted by molar-refractivity contribution is 9.10. The molecule has 0 bridgehead atoms. The van der Waals surface area contributed by atoms with Crippen molar-refractivity contribution in [1.29, 1.82) is 0 Å². The Bertz CT molecular complexity index is 348. The molecule has 0 aliphatic rings. The number of halogens is 5. The minimum Gasteiger partial charge on any atom is -0.492 e. The first-order valence-electron chi connectivity index (χ1n) is 3.47. The van der Waals surface area contributed by atoms with E-state index in [9.17, 15) is 17.6 Å². The highest BCUT2D eigenvalue weighted by atomic mass is 79.9. The lowest BCUT2D eigenvalue weighted by atomic mass is 10.2. The van der Waals surface area contributed by atoms with Gasteiger partial charge < -0.3 is 4.74 Å². The first-order valence-corrected chi connectivity index (χ1v) is 4.26. The van der Waals surface area contributed by atoms with Crippen molar-refractivity contribution in [2.75, 3.05) is 7.11 Å². The second-order valence-electron chi connectivity index (χ2n) is 2.44. The van der Waals surface area contributed by atoms with Gasteiger partial charge in [-0.1, -0.05) is 0 Å². The van der Waals surface area contributed by atoms with E-state index < -0.39 is 23.3 Å². The number of hydrogen-bond acceptors (Lipinski definition) is 1. The Balaban J connectivity index is 3.36. The summed E-state index contributed by atoms with van der Waals surface area (Å²) < 4.78 is 54.3. The van der Waals surface area contributed by atoms with Gasteiger partial charge in [0.25, 0.3) is 0 Å². The Labute approximate surface area is 85.8 Å². The van der Waals surface area contributed by atoms with Gasteiger partial charge >= 0.3 is 6.18 Å². The molecule has 0 unspecified atom stereocenters. The SMILES string of the molecule is COc1c(Br)ccc(C(F)(F)F)c1F. The van der Waals surface area contributed by atoms with E-state index in [0.29, 0.717) is 6.07 Å². The normalized spacial score (nSPS) is 11.6. The van der Waals surface area contributed by atoms with E-state index in [4.69, 9.17) is 0 Å². The summed E-state index contributed by atoms with van der Waals surface area (Å²) in [6.45, 7) is 0. The molecule has 0 heterocycles. The summed E-state index contributed by atoms with van der Waals surface area (Å²) in [5.41, 5.74) is -1.34. The van der Waals surface area contributed by atoms with Crippen molar-refractivity contribution < 1.29 is 22.3 Å². The van der Waals surface area contributed by atoms with Crippen molar-refractivity contribution >= 4 is 15.9 Å². The molecule has 1 rings (SSSR count). The van der Waals surface area contributed by atoms with Gasteiger partial charge in [-0.05, 0) is 28.1 Å². The molecule has 0 aliphatic heterocycles. The van der Waals surface area contributed by atoms with Crippen molar-refractivity contribution in [3.63, 3.8) is 0 Å². The molecule has 0 aromatic heterocycles. The van der Waals surface area contributed by atoms with Crippen molar-refractivity contribution in [2.24, 2.45) is 0 Å². The van der Waals surface area contributed by atoms with Crippen LogP contribution in [0.1, 0.15) is 5.56 Å². The summed E-state index contributed by atoms with van der Waals surface area (Å²) in [7, 11) is 1.10. The van der Waals surface area contributed by atoms with Crippen LogP contribution in [0.3, 0.4) is 0 Å². The van der Waals surface area contributed by atoms with E-state index in [1.165, 1.54) is 0 Å². The van der Waals surface area contributed by atoms with Crippen LogP contribution in [0.15, 0.2) is 16.6 Å². The number of ether oxygens (including phenoxy) is 1. The average Bonchev–Trinajstić information content (AvgIpc) is 2.02. The summed E-state index contributed by atoms with van der Waals surface area (Å²) in [4.78, 5) is 0. The Kier molecular flexibility index (Phi) is 3.04. The van der Waals surface area contributed by atoms with Gasteiger partial charge in [0.15, 0.2) is 11.6 Å². The molecule has 14 heavy (non-hydrogen) atoms. The fraction of sp³-hybridized carbons (Fsp3) is 0.250. The summed E-state index contributed by atoms with van der Waals surface area (Å²) in [5.74, 6) is -1.85. The van der Waals surface area contributed by atoms with Crippen molar-refractivity contribution in [2.45, 2.75) is 6.18 Å². The van der Waals surface area contributed by atoms with Gasteiger partial charge in [0.05, 0.1) is 17.1 Å². The van der Waals surface area contributed by atoms with Crippen LogP contribution < -0.4 is 4.74 Å². The van der Waals surface area contributed by atoms with Crippen molar-refractivity contribution in [1.82, 2.24) is 0 Å². The minimum atomic E-state index is -4.71. The fourth-order valence-electron chi connectivity index (χ4n) is 0.939. The number of hydrogen-bond donors (Lipinski definition) is 0. The lowest BCUT2D eigenvalue weighted by Crippen LogP contribution is -2.09. The first-order chi connectivity index (χ1) is 6.38. The van der Waals surface area contributed by atoms with E-state index >= 15 is 0 Å². The lowest BCUT2D eigenvalue weighted by molar-refractivity contribution is -0.140. The van der Waals surface area contributed by atoms with E-state index in [0.717, 1.165) is 13.2 Å². The Morgan fingerprint density at radius 3 is 2.29 bits per heavy atom. The summed E-state index contributed by atoms with van der Waals surface area (Å²) in [6.07, 6.45) is -4.71. The van der Waals surface area contributed by atoms with Crippen molar-refractivity contribution in [3.8, 4) is 5.75 Å². The summed E-state index contributed by atoms with van der Waals surface area (Å²) >= 11 is 2.88. The quantitative estimate of drug-likeness (QED) is 0.710. The zero-order valence-electron chi connectivity index (χ0n) is 6.95. The van der Waals surface area contributed by atoms with E-state index in [1.54, 1.807) is 0 Å². The molecular weight excluding hydrogens is 268 g/mol. The van der Waals surface area contributed by atoms with Gasteiger partial charge in [-0.15, -0.1) is 0 Å². The topological polar surface area (TPSA) is 9.23 Å². The van der Waals surface area contributed by atoms with Crippen LogP contribution in [0, 0.1) is 5.82 Å². The van der Waals surface area contributed by atoms with Crippen molar-refractivity contribution in [3.05, 3.63) is 28.0 Å². The van der Waals surface area contributed by atoms with Crippen LogP contribution in [-0.4, -0.2) is 7.11 Å². The monoisotopic (exact) mass is 272 g/mol. The van der Waals surface area contributed by atoms with E-state index in [-0.39, 0.29) is 4.47 Å². The van der Waals surface area contributed by atoms with Gasteiger partial charge in [-0.2, -0.15) is 13.2 Å². The highest BCUT2D eigenvalue weighted by Gasteiger charge is 2.35. The van der Waals surface area contributed by atoms with Gasteiger partial charge in [0.2, 0.25) is 0 Å². The maximum Gasteiger partial charge on any atom is 0.419 e. The summed E-state index contributed by atoms with van der Waals surface area (Å²) in [6, 6.07) is 1.74. The third-order valence-electron chi connectivity index (χ3n) is 1.56. The van der Waals surface area contributed by atoms with Crippen LogP contribution in [0.5, 0.6) is 5.75 Å². The van der Waals surface area contributed by atoms with Crippen LogP contribution in [0.25, 0.3) is 0 Å². The Morgan fingerprint density at radius 2 is 1.86 bits per heavy atom. The molecule has 0 aliphatic carbocycles. The molecule has 0 saturated heterocycles. The van der Waals surface area contributed by atoms with Gasteiger partial charge in [0, 0.05) is 0 Å². The fourth-order valence-corrected chi connectivity index (χ4v) is 1.41. The molecule has 1 aromatic carbocycles. The molecular formula is C8H5BrF4O. The second-order valence-corrected chi connectivity index (χ2v) is 3.29. The number of rotatable bonds is 1. The Hall–Kier alpha value is -0.780. The molecule has 0 fully saturated rings. The number of alkyl halides is 3. The molecule has 0 spiro atoms. The summed E-state index contributed by atoms with van der Waals surface area (Å²) in [5, 5.41) is 0. The molecule has 0 radical (unpaired) electrons. The molecule has 0 amide bonds. The zero-order valence-corrected chi connectivity index (χ0v) is 8.54. The third kappa shape index (κ3) is 2.00. The Morgan fingerprint density at radius 1 is 1.29 bits per heavy atom. The highest BCUT2D eigenvalue weighted by Crippen LogP contribution is 2.38. The maximum absolute atomic E-state index is 13.2. The van der Waals surface area contributed by atoms with E-state index in [1.807, 2.05) is 0 Å². The molecule has 0 atom stereocenters. The van der Waals surface area contributed by atoms with Crippen LogP contribution >= 0.6 is 15.9 Å². The largest absolute Gasteiger partial charge is 0.492 e. The molecule has 0 N–H and O–H groups in total. The molecule has 1 aromatic rings. The van der Waals surface area contributed by atoms with Crippen LogP contribution in [-0.2, 0) is 6.18 Å². The van der Waals surface area contributed by atoms with Crippen LogP contribution in [0.2, 0.25) is 0 Å². The molecule has 6 heteroatoms. The smallest absolute Gasteiger partial charge is 0.419 e. The minimum absolute atomic E-state index is 0.144. The average molecular weight is 273 g/mol. The molecule has 0 saturated carbocycles. The van der Waals surface area contributed by atoms with Gasteiger partial charge in [-0.25, -0.2) is 4.39 Å².